The smallest absolute Gasteiger partial charge is 0.234 e. The Morgan fingerprint density at radius 1 is 1.18 bits per heavy atom. The van der Waals surface area contributed by atoms with Gasteiger partial charge >= 0.3 is 0 Å². The molecule has 0 unspecified atom stereocenters. The second-order valence-corrected chi connectivity index (χ2v) is 7.21. The lowest BCUT2D eigenvalue weighted by Crippen LogP contribution is -2.14. The van der Waals surface area contributed by atoms with Gasteiger partial charge in [0.1, 0.15) is 0 Å². The molecule has 144 valence electrons. The summed E-state index contributed by atoms with van der Waals surface area (Å²) in [6, 6.07) is 13.4. The molecule has 1 aliphatic heterocycles. The summed E-state index contributed by atoms with van der Waals surface area (Å²) >= 11 is 1.37. The topological polar surface area (TPSA) is 78.3 Å². The number of aryl methyl sites for hydroxylation is 1. The second kappa shape index (κ2) is 7.93. The van der Waals surface area contributed by atoms with Gasteiger partial charge in [0, 0.05) is 23.9 Å². The fraction of sp³-hybridized carbons (Fsp3) is 0.250. The van der Waals surface area contributed by atoms with Crippen LogP contribution in [0.2, 0.25) is 0 Å². The van der Waals surface area contributed by atoms with Crippen LogP contribution in [-0.2, 0) is 11.3 Å². The fourth-order valence-corrected chi connectivity index (χ4v) is 3.81. The van der Waals surface area contributed by atoms with E-state index in [1.165, 1.54) is 11.8 Å². The van der Waals surface area contributed by atoms with E-state index in [0.29, 0.717) is 17.2 Å². The number of aromatic nitrogens is 3. The summed E-state index contributed by atoms with van der Waals surface area (Å²) in [4.78, 5) is 12.4. The highest BCUT2D eigenvalue weighted by molar-refractivity contribution is 7.99. The van der Waals surface area contributed by atoms with Crippen LogP contribution in [0.5, 0.6) is 11.5 Å². The van der Waals surface area contributed by atoms with Gasteiger partial charge in [0.2, 0.25) is 12.7 Å². The lowest BCUT2D eigenvalue weighted by Gasteiger charge is -2.09. The molecule has 2 heterocycles. The third-order valence-corrected chi connectivity index (χ3v) is 5.37. The maximum absolute atomic E-state index is 12.4. The number of nitrogens with zero attached hydrogens (tertiary/aromatic N) is 3. The van der Waals surface area contributed by atoms with Gasteiger partial charge in [0.25, 0.3) is 0 Å². The van der Waals surface area contributed by atoms with E-state index in [1.807, 2.05) is 29.7 Å². The van der Waals surface area contributed by atoms with Crippen molar-refractivity contribution in [2.75, 3.05) is 17.9 Å². The molecule has 0 saturated carbocycles. The highest BCUT2D eigenvalue weighted by atomic mass is 32.2. The molecule has 1 amide bonds. The van der Waals surface area contributed by atoms with Crippen LogP contribution in [0.3, 0.4) is 0 Å². The zero-order valence-corrected chi connectivity index (χ0v) is 16.5. The molecule has 0 saturated heterocycles. The third-order valence-electron chi connectivity index (χ3n) is 4.41. The number of ether oxygens (including phenoxy) is 2. The number of nitrogens with one attached hydrogen (secondary N) is 1. The standard InChI is InChI=1S/C20H20N4O3S/c1-3-24-19(15-7-5-4-6-13(15)2)22-23-20(24)28-11-18(25)21-14-8-9-16-17(10-14)27-12-26-16/h4-10H,3,11-12H2,1-2H3,(H,21,25). The van der Waals surface area contributed by atoms with Crippen LogP contribution in [-0.4, -0.2) is 33.2 Å². The largest absolute Gasteiger partial charge is 0.454 e. The molecule has 7 nitrogen and oxygen atoms in total. The molecule has 0 aliphatic carbocycles. The van der Waals surface area contributed by atoms with Gasteiger partial charge in [-0.2, -0.15) is 0 Å². The molecule has 3 aromatic rings. The SMILES string of the molecule is CCn1c(SCC(=O)Nc2ccc3c(c2)OCO3)nnc1-c1ccccc1C. The summed E-state index contributed by atoms with van der Waals surface area (Å²) in [7, 11) is 0. The van der Waals surface area contributed by atoms with Gasteiger partial charge in [0.15, 0.2) is 22.5 Å². The first-order chi connectivity index (χ1) is 13.7. The Balaban J connectivity index is 1.43. The average molecular weight is 396 g/mol. The van der Waals surface area contributed by atoms with Crippen LogP contribution >= 0.6 is 11.8 Å². The van der Waals surface area contributed by atoms with E-state index in [4.69, 9.17) is 9.47 Å². The first-order valence-corrected chi connectivity index (χ1v) is 9.95. The summed E-state index contributed by atoms with van der Waals surface area (Å²) in [6.07, 6.45) is 0. The zero-order chi connectivity index (χ0) is 19.5. The molecule has 2 aromatic carbocycles. The van der Waals surface area contributed by atoms with Crippen LogP contribution in [0.1, 0.15) is 12.5 Å². The zero-order valence-electron chi connectivity index (χ0n) is 15.6. The van der Waals surface area contributed by atoms with Crippen molar-refractivity contribution in [3.05, 3.63) is 48.0 Å². The van der Waals surface area contributed by atoms with Crippen molar-refractivity contribution in [3.8, 4) is 22.9 Å². The van der Waals surface area contributed by atoms with Gasteiger partial charge in [-0.1, -0.05) is 36.0 Å². The van der Waals surface area contributed by atoms with E-state index >= 15 is 0 Å². The van der Waals surface area contributed by atoms with Crippen LogP contribution in [0, 0.1) is 6.92 Å². The Bertz CT molecular complexity index is 1020. The van der Waals surface area contributed by atoms with Crippen molar-refractivity contribution >= 4 is 23.4 Å². The molecular weight excluding hydrogens is 376 g/mol. The first-order valence-electron chi connectivity index (χ1n) is 8.97. The quantitative estimate of drug-likeness (QED) is 0.640. The van der Waals surface area contributed by atoms with Crippen LogP contribution in [0.25, 0.3) is 11.4 Å². The average Bonchev–Trinajstić information content (AvgIpc) is 3.32. The van der Waals surface area contributed by atoms with Gasteiger partial charge in [-0.25, -0.2) is 0 Å². The van der Waals surface area contributed by atoms with Crippen molar-refractivity contribution in [1.82, 2.24) is 14.8 Å². The van der Waals surface area contributed by atoms with Crippen LogP contribution in [0.15, 0.2) is 47.6 Å². The summed E-state index contributed by atoms with van der Waals surface area (Å²) in [5, 5.41) is 12.2. The Labute approximate surface area is 167 Å². The second-order valence-electron chi connectivity index (χ2n) is 6.27. The Kier molecular flexibility index (Phi) is 5.21. The normalized spacial score (nSPS) is 12.2. The first kappa shape index (κ1) is 18.4. The third kappa shape index (κ3) is 3.68. The van der Waals surface area contributed by atoms with Crippen molar-refractivity contribution in [2.45, 2.75) is 25.5 Å². The van der Waals surface area contributed by atoms with E-state index in [1.54, 1.807) is 18.2 Å². The predicted molar refractivity (Wildman–Crippen MR) is 108 cm³/mol. The van der Waals surface area contributed by atoms with E-state index in [0.717, 1.165) is 28.7 Å². The number of fused-ring (bicyclic) bond motifs is 1. The molecule has 0 atom stereocenters. The molecule has 1 aliphatic rings. The summed E-state index contributed by atoms with van der Waals surface area (Å²) in [5.41, 5.74) is 2.86. The van der Waals surface area contributed by atoms with E-state index in [9.17, 15) is 4.79 Å². The van der Waals surface area contributed by atoms with Gasteiger partial charge in [-0.15, -0.1) is 10.2 Å². The summed E-state index contributed by atoms with van der Waals surface area (Å²) < 4.78 is 12.6. The molecular formula is C20H20N4O3S. The van der Waals surface area contributed by atoms with Gasteiger partial charge in [0.05, 0.1) is 5.75 Å². The molecule has 8 heteroatoms. The van der Waals surface area contributed by atoms with Gasteiger partial charge in [-0.3, -0.25) is 4.79 Å². The molecule has 1 aromatic heterocycles. The Morgan fingerprint density at radius 3 is 2.82 bits per heavy atom. The van der Waals surface area contributed by atoms with Crippen molar-refractivity contribution in [1.29, 1.82) is 0 Å². The van der Waals surface area contributed by atoms with E-state index < -0.39 is 0 Å². The number of rotatable bonds is 6. The van der Waals surface area contributed by atoms with Gasteiger partial charge < -0.3 is 19.4 Å². The summed E-state index contributed by atoms with van der Waals surface area (Å²) in [5.74, 6) is 2.26. The molecule has 4 rings (SSSR count). The number of hydrogen-bond acceptors (Lipinski definition) is 6. The van der Waals surface area contributed by atoms with E-state index in [-0.39, 0.29) is 18.5 Å². The molecule has 1 N–H and O–H groups in total. The van der Waals surface area contributed by atoms with Crippen molar-refractivity contribution in [2.24, 2.45) is 0 Å². The fourth-order valence-electron chi connectivity index (χ4n) is 3.01. The van der Waals surface area contributed by atoms with E-state index in [2.05, 4.69) is 28.5 Å². The number of carbonyl (C=O) groups is 1. The molecule has 0 radical (unpaired) electrons. The molecule has 28 heavy (non-hydrogen) atoms. The highest BCUT2D eigenvalue weighted by Crippen LogP contribution is 2.34. The maximum atomic E-state index is 12.4. The maximum Gasteiger partial charge on any atom is 0.234 e. The lowest BCUT2D eigenvalue weighted by atomic mass is 10.1. The number of amides is 1. The number of carbonyl (C=O) groups excluding carboxylic acids is 1. The lowest BCUT2D eigenvalue weighted by molar-refractivity contribution is -0.113. The predicted octanol–water partition coefficient (Wildman–Crippen LogP) is 3.73. The number of thioether (sulfide) groups is 1. The number of hydrogen-bond donors (Lipinski definition) is 1. The van der Waals surface area contributed by atoms with Crippen LogP contribution in [0.4, 0.5) is 5.69 Å². The minimum atomic E-state index is -0.119. The molecule has 0 spiro atoms. The Morgan fingerprint density at radius 2 is 2.00 bits per heavy atom. The summed E-state index contributed by atoms with van der Waals surface area (Å²) in [6.45, 7) is 5.03. The number of benzene rings is 2. The molecule has 0 fully saturated rings. The van der Waals surface area contributed by atoms with Gasteiger partial charge in [-0.05, 0) is 31.5 Å². The molecule has 0 bridgehead atoms. The minimum absolute atomic E-state index is 0.119. The van der Waals surface area contributed by atoms with Crippen LogP contribution < -0.4 is 14.8 Å². The number of anilines is 1. The van der Waals surface area contributed by atoms with Crippen molar-refractivity contribution < 1.29 is 14.3 Å². The minimum Gasteiger partial charge on any atom is -0.454 e. The highest BCUT2D eigenvalue weighted by Gasteiger charge is 2.17. The monoisotopic (exact) mass is 396 g/mol. The van der Waals surface area contributed by atoms with Crippen molar-refractivity contribution in [3.63, 3.8) is 0 Å². The Hall–Kier alpha value is -3.00.